The first-order chi connectivity index (χ1) is 8.45. The van der Waals surface area contributed by atoms with Crippen molar-refractivity contribution in [2.75, 3.05) is 6.54 Å². The van der Waals surface area contributed by atoms with Crippen LogP contribution in [0.15, 0.2) is 0 Å². The summed E-state index contributed by atoms with van der Waals surface area (Å²) >= 11 is 0. The zero-order valence-electron chi connectivity index (χ0n) is 11.2. The van der Waals surface area contributed by atoms with Gasteiger partial charge in [0.05, 0.1) is 0 Å². The second-order valence-corrected chi connectivity index (χ2v) is 5.56. The Morgan fingerprint density at radius 1 is 1.39 bits per heavy atom. The number of carbonyl (C=O) groups is 2. The lowest BCUT2D eigenvalue weighted by Gasteiger charge is -2.21. The molecule has 18 heavy (non-hydrogen) atoms. The van der Waals surface area contributed by atoms with E-state index in [4.69, 9.17) is 10.8 Å². The summed E-state index contributed by atoms with van der Waals surface area (Å²) in [6, 6.07) is -0.781. The molecule has 0 aromatic carbocycles. The second kappa shape index (κ2) is 6.73. The maximum atomic E-state index is 12.1. The average molecular weight is 256 g/mol. The van der Waals surface area contributed by atoms with E-state index in [0.29, 0.717) is 13.0 Å². The van der Waals surface area contributed by atoms with Gasteiger partial charge in [0.2, 0.25) is 5.91 Å². The van der Waals surface area contributed by atoms with Crippen LogP contribution in [0.5, 0.6) is 0 Å². The number of carboxylic acids is 1. The number of nitrogens with one attached hydrogen (secondary N) is 1. The smallest absolute Gasteiger partial charge is 0.326 e. The Morgan fingerprint density at radius 3 is 2.56 bits per heavy atom. The Kier molecular flexibility index (Phi) is 5.59. The molecule has 0 aromatic rings. The predicted molar refractivity (Wildman–Crippen MR) is 68.9 cm³/mol. The molecule has 0 aromatic heterocycles. The van der Waals surface area contributed by atoms with Gasteiger partial charge in [-0.15, -0.1) is 0 Å². The molecule has 1 amide bonds. The van der Waals surface area contributed by atoms with Crippen molar-refractivity contribution in [2.24, 2.45) is 23.5 Å². The molecule has 5 nitrogen and oxygen atoms in total. The van der Waals surface area contributed by atoms with Crippen molar-refractivity contribution in [3.63, 3.8) is 0 Å². The fraction of sp³-hybridized carbons (Fsp3) is 0.846. The Bertz CT molecular complexity index is 305. The van der Waals surface area contributed by atoms with Gasteiger partial charge in [-0.3, -0.25) is 4.79 Å². The molecule has 0 radical (unpaired) electrons. The van der Waals surface area contributed by atoms with E-state index in [1.165, 1.54) is 0 Å². The van der Waals surface area contributed by atoms with Crippen LogP contribution in [-0.2, 0) is 9.59 Å². The summed E-state index contributed by atoms with van der Waals surface area (Å²) < 4.78 is 0. The lowest BCUT2D eigenvalue weighted by atomic mass is 9.94. The maximum absolute atomic E-state index is 12.1. The SMILES string of the molecule is CC(C)CC(NC(=O)C1CCCC1CN)C(=O)O. The molecule has 1 saturated carbocycles. The number of amides is 1. The Labute approximate surface area is 108 Å². The van der Waals surface area contributed by atoms with Crippen LogP contribution in [0.4, 0.5) is 0 Å². The van der Waals surface area contributed by atoms with E-state index in [9.17, 15) is 9.59 Å². The zero-order chi connectivity index (χ0) is 13.7. The van der Waals surface area contributed by atoms with E-state index in [-0.39, 0.29) is 23.7 Å². The summed E-state index contributed by atoms with van der Waals surface area (Å²) in [5, 5.41) is 11.8. The molecule has 4 N–H and O–H groups in total. The highest BCUT2D eigenvalue weighted by Gasteiger charge is 2.34. The third-order valence-electron chi connectivity index (χ3n) is 3.62. The Hall–Kier alpha value is -1.10. The summed E-state index contributed by atoms with van der Waals surface area (Å²) in [6.07, 6.45) is 3.25. The first kappa shape index (κ1) is 15.0. The van der Waals surface area contributed by atoms with Crippen molar-refractivity contribution < 1.29 is 14.7 Å². The van der Waals surface area contributed by atoms with Gasteiger partial charge < -0.3 is 16.2 Å². The molecule has 5 heteroatoms. The van der Waals surface area contributed by atoms with Crippen molar-refractivity contribution in [1.82, 2.24) is 5.32 Å². The van der Waals surface area contributed by atoms with Crippen LogP contribution in [0.3, 0.4) is 0 Å². The molecular formula is C13H24N2O3. The fourth-order valence-corrected chi connectivity index (χ4v) is 2.64. The van der Waals surface area contributed by atoms with Gasteiger partial charge in [0.15, 0.2) is 0 Å². The summed E-state index contributed by atoms with van der Waals surface area (Å²) in [4.78, 5) is 23.2. The molecule has 0 saturated heterocycles. The maximum Gasteiger partial charge on any atom is 0.326 e. The lowest BCUT2D eigenvalue weighted by Crippen LogP contribution is -2.45. The minimum atomic E-state index is -0.959. The number of aliphatic carboxylic acids is 1. The van der Waals surface area contributed by atoms with Gasteiger partial charge in [-0.25, -0.2) is 4.79 Å². The molecule has 0 aliphatic heterocycles. The van der Waals surface area contributed by atoms with E-state index in [1.54, 1.807) is 0 Å². The van der Waals surface area contributed by atoms with Crippen LogP contribution >= 0.6 is 0 Å². The number of hydrogen-bond donors (Lipinski definition) is 3. The van der Waals surface area contributed by atoms with Crippen LogP contribution in [0.2, 0.25) is 0 Å². The van der Waals surface area contributed by atoms with Gasteiger partial charge in [0, 0.05) is 5.92 Å². The molecule has 104 valence electrons. The van der Waals surface area contributed by atoms with E-state index in [1.807, 2.05) is 13.8 Å². The first-order valence-corrected chi connectivity index (χ1v) is 6.69. The molecular weight excluding hydrogens is 232 g/mol. The van der Waals surface area contributed by atoms with Crippen LogP contribution in [0, 0.1) is 17.8 Å². The predicted octanol–water partition coefficient (Wildman–Crippen LogP) is 0.977. The van der Waals surface area contributed by atoms with E-state index in [2.05, 4.69) is 5.32 Å². The van der Waals surface area contributed by atoms with Crippen molar-refractivity contribution in [1.29, 1.82) is 0 Å². The summed E-state index contributed by atoms with van der Waals surface area (Å²) in [7, 11) is 0. The minimum absolute atomic E-state index is 0.107. The van der Waals surface area contributed by atoms with E-state index < -0.39 is 12.0 Å². The summed E-state index contributed by atoms with van der Waals surface area (Å²) in [6.45, 7) is 4.39. The second-order valence-electron chi connectivity index (χ2n) is 5.56. The number of carbonyl (C=O) groups excluding carboxylic acids is 1. The fourth-order valence-electron chi connectivity index (χ4n) is 2.64. The topological polar surface area (TPSA) is 92.4 Å². The molecule has 3 unspecified atom stereocenters. The van der Waals surface area contributed by atoms with Crippen LogP contribution in [0.1, 0.15) is 39.5 Å². The molecule has 0 spiro atoms. The lowest BCUT2D eigenvalue weighted by molar-refractivity contribution is -0.143. The monoisotopic (exact) mass is 256 g/mol. The minimum Gasteiger partial charge on any atom is -0.480 e. The highest BCUT2D eigenvalue weighted by atomic mass is 16.4. The van der Waals surface area contributed by atoms with Gasteiger partial charge in [0.25, 0.3) is 0 Å². The number of nitrogens with two attached hydrogens (primary N) is 1. The van der Waals surface area contributed by atoms with Gasteiger partial charge in [-0.1, -0.05) is 20.3 Å². The van der Waals surface area contributed by atoms with E-state index in [0.717, 1.165) is 19.3 Å². The number of hydrogen-bond acceptors (Lipinski definition) is 3. The van der Waals surface area contributed by atoms with Crippen LogP contribution in [0.25, 0.3) is 0 Å². The zero-order valence-corrected chi connectivity index (χ0v) is 11.2. The molecule has 1 aliphatic carbocycles. The molecule has 0 heterocycles. The third-order valence-corrected chi connectivity index (χ3v) is 3.62. The molecule has 1 fully saturated rings. The average Bonchev–Trinajstić information content (AvgIpc) is 2.75. The Morgan fingerprint density at radius 2 is 2.06 bits per heavy atom. The highest BCUT2D eigenvalue weighted by molar-refractivity contribution is 5.85. The van der Waals surface area contributed by atoms with Crippen molar-refractivity contribution in [3.05, 3.63) is 0 Å². The summed E-state index contributed by atoms with van der Waals surface area (Å²) in [5.41, 5.74) is 5.64. The largest absolute Gasteiger partial charge is 0.480 e. The van der Waals surface area contributed by atoms with Gasteiger partial charge >= 0.3 is 5.97 Å². The molecule has 0 bridgehead atoms. The Balaban J connectivity index is 2.58. The van der Waals surface area contributed by atoms with Crippen LogP contribution < -0.4 is 11.1 Å². The standard InChI is InChI=1S/C13H24N2O3/c1-8(2)6-11(13(17)18)15-12(16)10-5-3-4-9(10)7-14/h8-11H,3-7,14H2,1-2H3,(H,15,16)(H,17,18). The van der Waals surface area contributed by atoms with Gasteiger partial charge in [0.1, 0.15) is 6.04 Å². The molecule has 3 atom stereocenters. The van der Waals surface area contributed by atoms with Gasteiger partial charge in [-0.05, 0) is 37.6 Å². The normalized spacial score (nSPS) is 25.1. The quantitative estimate of drug-likeness (QED) is 0.660. The van der Waals surface area contributed by atoms with Crippen LogP contribution in [-0.4, -0.2) is 29.6 Å². The van der Waals surface area contributed by atoms with E-state index >= 15 is 0 Å². The number of rotatable bonds is 6. The number of carboxylic acid groups (broad SMARTS) is 1. The highest BCUT2D eigenvalue weighted by Crippen LogP contribution is 2.31. The van der Waals surface area contributed by atoms with Crippen molar-refractivity contribution in [3.8, 4) is 0 Å². The molecule has 1 aliphatic rings. The van der Waals surface area contributed by atoms with Gasteiger partial charge in [-0.2, -0.15) is 0 Å². The molecule has 1 rings (SSSR count). The summed E-state index contributed by atoms with van der Waals surface area (Å²) in [5.74, 6) is -0.766. The van der Waals surface area contributed by atoms with Crippen molar-refractivity contribution in [2.45, 2.75) is 45.6 Å². The van der Waals surface area contributed by atoms with Crippen molar-refractivity contribution >= 4 is 11.9 Å². The first-order valence-electron chi connectivity index (χ1n) is 6.69. The third kappa shape index (κ3) is 3.98.